The largest absolute Gasteiger partial charge is 0.394 e. The van der Waals surface area contributed by atoms with Gasteiger partial charge in [-0.3, -0.25) is 4.90 Å². The number of hydrogen-bond acceptors (Lipinski definition) is 2. The van der Waals surface area contributed by atoms with E-state index in [0.29, 0.717) is 6.04 Å². The number of benzene rings is 1. The molecule has 3 rings (SSSR count). The van der Waals surface area contributed by atoms with Gasteiger partial charge in [0.1, 0.15) is 0 Å². The molecule has 1 aromatic carbocycles. The van der Waals surface area contributed by atoms with Crippen LogP contribution in [-0.4, -0.2) is 29.2 Å². The van der Waals surface area contributed by atoms with Gasteiger partial charge in [0.15, 0.2) is 0 Å². The van der Waals surface area contributed by atoms with Crippen LogP contribution in [0, 0.1) is 5.92 Å². The second kappa shape index (κ2) is 6.06. The highest BCUT2D eigenvalue weighted by molar-refractivity contribution is 5.19. The molecular formula is C17H25NO. The van der Waals surface area contributed by atoms with Crippen LogP contribution in [0.5, 0.6) is 0 Å². The van der Waals surface area contributed by atoms with Crippen molar-refractivity contribution >= 4 is 0 Å². The van der Waals surface area contributed by atoms with E-state index in [9.17, 15) is 5.11 Å². The van der Waals surface area contributed by atoms with Crippen molar-refractivity contribution < 1.29 is 5.11 Å². The summed E-state index contributed by atoms with van der Waals surface area (Å²) in [5, 5.41) is 9.82. The van der Waals surface area contributed by atoms with Crippen molar-refractivity contribution in [1.29, 1.82) is 0 Å². The first-order valence-electron chi connectivity index (χ1n) is 7.80. The molecule has 104 valence electrons. The molecule has 2 fully saturated rings. The molecule has 0 bridgehead atoms. The van der Waals surface area contributed by atoms with E-state index < -0.39 is 0 Å². The Bertz CT molecular complexity index is 388. The van der Waals surface area contributed by atoms with Gasteiger partial charge in [0.25, 0.3) is 0 Å². The average molecular weight is 259 g/mol. The van der Waals surface area contributed by atoms with Crippen LogP contribution in [0.3, 0.4) is 0 Å². The van der Waals surface area contributed by atoms with Gasteiger partial charge < -0.3 is 5.11 Å². The Balaban J connectivity index is 1.70. The number of likely N-dealkylation sites (tertiary alicyclic amines) is 1. The van der Waals surface area contributed by atoms with Gasteiger partial charge in [-0.2, -0.15) is 0 Å². The zero-order chi connectivity index (χ0) is 13.1. The topological polar surface area (TPSA) is 23.5 Å². The first kappa shape index (κ1) is 13.1. The molecule has 1 aliphatic heterocycles. The Labute approximate surface area is 116 Å². The Hall–Kier alpha value is -0.860. The quantitative estimate of drug-likeness (QED) is 0.876. The van der Waals surface area contributed by atoms with Crippen molar-refractivity contribution in [1.82, 2.24) is 4.90 Å². The highest BCUT2D eigenvalue weighted by atomic mass is 16.3. The van der Waals surface area contributed by atoms with Crippen LogP contribution >= 0.6 is 0 Å². The van der Waals surface area contributed by atoms with Crippen molar-refractivity contribution in [2.45, 2.75) is 50.6 Å². The van der Waals surface area contributed by atoms with Crippen molar-refractivity contribution in [3.05, 3.63) is 35.9 Å². The lowest BCUT2D eigenvalue weighted by molar-refractivity contribution is 0.0914. The molecule has 0 radical (unpaired) electrons. The van der Waals surface area contributed by atoms with Crippen LogP contribution in [0.4, 0.5) is 0 Å². The first-order chi connectivity index (χ1) is 9.38. The summed E-state index contributed by atoms with van der Waals surface area (Å²) in [4.78, 5) is 2.56. The average Bonchev–Trinajstić information content (AvgIpc) is 2.84. The van der Waals surface area contributed by atoms with Gasteiger partial charge in [0.2, 0.25) is 0 Å². The minimum atomic E-state index is 0.203. The van der Waals surface area contributed by atoms with Crippen molar-refractivity contribution in [3.63, 3.8) is 0 Å². The summed E-state index contributed by atoms with van der Waals surface area (Å²) in [6.07, 6.45) is 8.25. The summed E-state index contributed by atoms with van der Waals surface area (Å²) in [6.45, 7) is 1.39. The summed E-state index contributed by atoms with van der Waals surface area (Å²) in [7, 11) is 0. The molecular weight excluding hydrogens is 234 g/mol. The molecule has 1 heterocycles. The van der Waals surface area contributed by atoms with Gasteiger partial charge in [-0.15, -0.1) is 0 Å². The smallest absolute Gasteiger partial charge is 0.0628 e. The molecule has 1 saturated carbocycles. The highest BCUT2D eigenvalue weighted by Gasteiger charge is 2.33. The Morgan fingerprint density at radius 3 is 2.53 bits per heavy atom. The molecule has 0 unspecified atom stereocenters. The van der Waals surface area contributed by atoms with Gasteiger partial charge in [-0.25, -0.2) is 0 Å². The predicted octanol–water partition coefficient (Wildman–Crippen LogP) is 3.37. The minimum Gasteiger partial charge on any atom is -0.394 e. The number of hydrogen-bond donors (Lipinski definition) is 1. The molecule has 2 nitrogen and oxygen atoms in total. The van der Waals surface area contributed by atoms with Gasteiger partial charge in [0, 0.05) is 6.04 Å². The molecule has 2 atom stereocenters. The molecule has 1 saturated heterocycles. The Morgan fingerprint density at radius 2 is 1.89 bits per heavy atom. The van der Waals surface area contributed by atoms with Crippen molar-refractivity contribution in [2.75, 3.05) is 13.2 Å². The predicted molar refractivity (Wildman–Crippen MR) is 78.0 cm³/mol. The fraction of sp³-hybridized carbons (Fsp3) is 0.647. The maximum Gasteiger partial charge on any atom is 0.0628 e. The van der Waals surface area contributed by atoms with E-state index in [-0.39, 0.29) is 12.6 Å². The minimum absolute atomic E-state index is 0.203. The fourth-order valence-corrected chi connectivity index (χ4v) is 3.71. The van der Waals surface area contributed by atoms with E-state index >= 15 is 0 Å². The third kappa shape index (κ3) is 2.85. The van der Waals surface area contributed by atoms with Gasteiger partial charge in [-0.1, -0.05) is 49.6 Å². The molecule has 0 amide bonds. The summed E-state index contributed by atoms with van der Waals surface area (Å²) in [5.74, 6) is 0.959. The van der Waals surface area contributed by atoms with Crippen LogP contribution in [-0.2, 0) is 0 Å². The van der Waals surface area contributed by atoms with E-state index in [1.54, 1.807) is 0 Å². The van der Waals surface area contributed by atoms with Crippen LogP contribution in [0.25, 0.3) is 0 Å². The number of aliphatic hydroxyl groups is 1. The third-order valence-corrected chi connectivity index (χ3v) is 5.01. The molecule has 0 aromatic heterocycles. The third-order valence-electron chi connectivity index (χ3n) is 5.01. The molecule has 1 aromatic rings. The zero-order valence-corrected chi connectivity index (χ0v) is 11.7. The number of nitrogens with zero attached hydrogens (tertiary/aromatic N) is 1. The highest BCUT2D eigenvalue weighted by Crippen LogP contribution is 2.37. The number of rotatable bonds is 5. The molecule has 1 aliphatic carbocycles. The Morgan fingerprint density at radius 1 is 1.11 bits per heavy atom. The lowest BCUT2D eigenvalue weighted by Crippen LogP contribution is -2.37. The van der Waals surface area contributed by atoms with E-state index in [2.05, 4.69) is 29.2 Å². The number of aliphatic hydroxyl groups excluding tert-OH is 1. The summed E-state index contributed by atoms with van der Waals surface area (Å²) >= 11 is 0. The van der Waals surface area contributed by atoms with Crippen LogP contribution in [0.15, 0.2) is 30.3 Å². The molecule has 0 spiro atoms. The first-order valence-corrected chi connectivity index (χ1v) is 7.80. The van der Waals surface area contributed by atoms with Crippen LogP contribution in [0.2, 0.25) is 0 Å². The van der Waals surface area contributed by atoms with Crippen LogP contribution in [0.1, 0.15) is 50.1 Å². The lowest BCUT2D eigenvalue weighted by atomic mass is 9.80. The maximum atomic E-state index is 9.82. The SMILES string of the molecule is OC[C@H](c1ccccc1)N1CCC[C@H]1CC1CCC1. The van der Waals surface area contributed by atoms with Crippen molar-refractivity contribution in [3.8, 4) is 0 Å². The standard InChI is InChI=1S/C17H25NO/c19-13-17(15-8-2-1-3-9-15)18-11-5-10-16(18)12-14-6-4-7-14/h1-3,8-9,14,16-17,19H,4-7,10-13H2/t16-,17+/m0/s1. The normalized spacial score (nSPS) is 26.3. The summed E-state index contributed by atoms with van der Waals surface area (Å²) in [5.41, 5.74) is 1.27. The monoisotopic (exact) mass is 259 g/mol. The van der Waals surface area contributed by atoms with Gasteiger partial charge >= 0.3 is 0 Å². The van der Waals surface area contributed by atoms with E-state index in [1.807, 2.05) is 6.07 Å². The van der Waals surface area contributed by atoms with Crippen LogP contribution < -0.4 is 0 Å². The maximum absolute atomic E-state index is 9.82. The summed E-state index contributed by atoms with van der Waals surface area (Å²) in [6, 6.07) is 11.4. The fourth-order valence-electron chi connectivity index (χ4n) is 3.71. The molecule has 19 heavy (non-hydrogen) atoms. The van der Waals surface area contributed by atoms with Crippen molar-refractivity contribution in [2.24, 2.45) is 5.92 Å². The van der Waals surface area contributed by atoms with Gasteiger partial charge in [0.05, 0.1) is 12.6 Å². The van der Waals surface area contributed by atoms with E-state index in [4.69, 9.17) is 0 Å². The zero-order valence-electron chi connectivity index (χ0n) is 11.7. The molecule has 2 aliphatic rings. The van der Waals surface area contributed by atoms with E-state index in [1.165, 1.54) is 44.1 Å². The lowest BCUT2D eigenvalue weighted by Gasteiger charge is -2.36. The summed E-state index contributed by atoms with van der Waals surface area (Å²) < 4.78 is 0. The molecule has 2 heteroatoms. The Kier molecular flexibility index (Phi) is 4.19. The van der Waals surface area contributed by atoms with E-state index in [0.717, 1.165) is 12.5 Å². The van der Waals surface area contributed by atoms with Gasteiger partial charge in [-0.05, 0) is 37.3 Å². The second-order valence-corrected chi connectivity index (χ2v) is 6.18. The molecule has 1 N–H and O–H groups in total. The second-order valence-electron chi connectivity index (χ2n) is 6.18.